The fourth-order valence-electron chi connectivity index (χ4n) is 3.59. The maximum Gasteiger partial charge on any atom is 0.199 e. The number of nitrogens with zero attached hydrogens (tertiary/aromatic N) is 2. The molecule has 0 radical (unpaired) electrons. The topological polar surface area (TPSA) is 55.1 Å². The van der Waals surface area contributed by atoms with Gasteiger partial charge in [-0.15, -0.1) is 0 Å². The van der Waals surface area contributed by atoms with Gasteiger partial charge in [0, 0.05) is 23.1 Å². The highest BCUT2D eigenvalue weighted by Crippen LogP contribution is 2.42. The van der Waals surface area contributed by atoms with E-state index in [4.69, 9.17) is 44.3 Å². The third kappa shape index (κ3) is 4.66. The molecule has 158 valence electrons. The van der Waals surface area contributed by atoms with Crippen molar-refractivity contribution in [2.45, 2.75) is 32.5 Å². The lowest BCUT2D eigenvalue weighted by Crippen LogP contribution is -2.24. The Hall–Kier alpha value is -2.29. The summed E-state index contributed by atoms with van der Waals surface area (Å²) in [5.74, 6) is 0.738. The summed E-state index contributed by atoms with van der Waals surface area (Å²) in [7, 11) is 0. The van der Waals surface area contributed by atoms with Crippen LogP contribution in [0.5, 0.6) is 5.75 Å². The van der Waals surface area contributed by atoms with Gasteiger partial charge in [-0.05, 0) is 62.2 Å². The third-order valence-electron chi connectivity index (χ3n) is 5.18. The van der Waals surface area contributed by atoms with Gasteiger partial charge in [0.15, 0.2) is 6.29 Å². The van der Waals surface area contributed by atoms with Crippen LogP contribution in [0.1, 0.15) is 30.5 Å². The van der Waals surface area contributed by atoms with Crippen molar-refractivity contribution in [1.29, 1.82) is 5.26 Å². The van der Waals surface area contributed by atoms with Gasteiger partial charge in [-0.1, -0.05) is 34.8 Å². The first kappa shape index (κ1) is 21.9. The van der Waals surface area contributed by atoms with E-state index >= 15 is 0 Å². The van der Waals surface area contributed by atoms with Gasteiger partial charge in [0.2, 0.25) is 0 Å². The second-order valence-electron chi connectivity index (χ2n) is 7.28. The quantitative estimate of drug-likeness (QED) is 0.369. The Morgan fingerprint density at radius 2 is 1.81 bits per heavy atom. The normalized spacial score (nSPS) is 16.0. The van der Waals surface area contributed by atoms with Crippen LogP contribution in [0.2, 0.25) is 15.1 Å². The summed E-state index contributed by atoms with van der Waals surface area (Å²) in [5, 5.41) is 10.8. The number of aromatic nitrogens is 1. The van der Waals surface area contributed by atoms with E-state index in [1.165, 1.54) is 0 Å². The number of hydrogen-bond donors (Lipinski definition) is 0. The second kappa shape index (κ2) is 9.46. The van der Waals surface area contributed by atoms with E-state index in [2.05, 4.69) is 11.1 Å². The van der Waals surface area contributed by atoms with E-state index in [1.807, 2.05) is 30.3 Å². The smallest absolute Gasteiger partial charge is 0.199 e. The molecule has 4 nitrogen and oxygen atoms in total. The summed E-state index contributed by atoms with van der Waals surface area (Å²) < 4.78 is 11.5. The van der Waals surface area contributed by atoms with E-state index in [-0.39, 0.29) is 6.29 Å². The first-order valence-corrected chi connectivity index (χ1v) is 11.1. The molecular formula is C24H19Cl3N2O2. The molecule has 1 saturated heterocycles. The van der Waals surface area contributed by atoms with Gasteiger partial charge in [0.1, 0.15) is 11.8 Å². The second-order valence-corrected chi connectivity index (χ2v) is 8.48. The lowest BCUT2D eigenvalue weighted by atomic mass is 9.97. The van der Waals surface area contributed by atoms with Gasteiger partial charge in [-0.3, -0.25) is 4.98 Å². The highest BCUT2D eigenvalue weighted by molar-refractivity contribution is 6.46. The van der Waals surface area contributed by atoms with E-state index < -0.39 is 0 Å². The number of halogens is 3. The Morgan fingerprint density at radius 3 is 2.48 bits per heavy atom. The van der Waals surface area contributed by atoms with E-state index in [0.717, 1.165) is 37.2 Å². The number of pyridine rings is 1. The molecule has 2 heterocycles. The zero-order valence-electron chi connectivity index (χ0n) is 16.8. The largest absolute Gasteiger partial charge is 0.465 e. The maximum absolute atomic E-state index is 9.73. The summed E-state index contributed by atoms with van der Waals surface area (Å²) in [4.78, 5) is 4.62. The van der Waals surface area contributed by atoms with Crippen LogP contribution in [0.15, 0.2) is 42.5 Å². The molecule has 1 aliphatic rings. The predicted octanol–water partition coefficient (Wildman–Crippen LogP) is 7.46. The fourth-order valence-corrected chi connectivity index (χ4v) is 4.32. The monoisotopic (exact) mass is 472 g/mol. The lowest BCUT2D eigenvalue weighted by molar-refractivity contribution is -0.105. The molecule has 0 saturated carbocycles. The van der Waals surface area contributed by atoms with Crippen molar-refractivity contribution in [3.63, 3.8) is 0 Å². The van der Waals surface area contributed by atoms with Gasteiger partial charge in [0.05, 0.1) is 38.6 Å². The van der Waals surface area contributed by atoms with E-state index in [1.54, 1.807) is 19.1 Å². The first-order valence-electron chi connectivity index (χ1n) is 9.92. The van der Waals surface area contributed by atoms with E-state index in [9.17, 15) is 5.26 Å². The molecule has 7 heteroatoms. The summed E-state index contributed by atoms with van der Waals surface area (Å²) in [6, 6.07) is 15.0. The molecule has 0 aliphatic carbocycles. The Morgan fingerprint density at radius 1 is 1.06 bits per heavy atom. The number of benzene rings is 2. The molecule has 31 heavy (non-hydrogen) atoms. The lowest BCUT2D eigenvalue weighted by Gasteiger charge is -2.23. The van der Waals surface area contributed by atoms with Crippen molar-refractivity contribution in [2.24, 2.45) is 0 Å². The zero-order valence-corrected chi connectivity index (χ0v) is 19.1. The zero-order chi connectivity index (χ0) is 22.0. The first-order chi connectivity index (χ1) is 15.0. The number of rotatable bonds is 4. The summed E-state index contributed by atoms with van der Waals surface area (Å²) in [5.41, 5.74) is 3.67. The van der Waals surface area contributed by atoms with Crippen molar-refractivity contribution < 1.29 is 9.47 Å². The summed E-state index contributed by atoms with van der Waals surface area (Å²) in [6.45, 7) is 2.52. The molecule has 1 aliphatic heterocycles. The molecule has 1 atom stereocenters. The van der Waals surface area contributed by atoms with Crippen LogP contribution in [0.3, 0.4) is 0 Å². The maximum atomic E-state index is 9.73. The Balaban J connectivity index is 1.72. The standard InChI is InChI=1S/C24H19Cl3N2O2/c1-14-18(13-28)17(23-19(25)9-10-20(26)24(23)27)12-21(29-14)15-5-7-16(8-6-15)31-22-4-2-3-11-30-22/h5-10,12,22H,2-4,11H2,1H3. The van der Waals surface area contributed by atoms with Gasteiger partial charge in [-0.2, -0.15) is 5.26 Å². The average Bonchev–Trinajstić information content (AvgIpc) is 2.78. The van der Waals surface area contributed by atoms with Crippen molar-refractivity contribution in [3.05, 3.63) is 68.8 Å². The van der Waals surface area contributed by atoms with Crippen LogP contribution in [-0.4, -0.2) is 17.9 Å². The van der Waals surface area contributed by atoms with Gasteiger partial charge in [-0.25, -0.2) is 0 Å². The Kier molecular flexibility index (Phi) is 6.69. The number of aryl methyl sites for hydroxylation is 1. The molecule has 0 amide bonds. The Bertz CT molecular complexity index is 1150. The van der Waals surface area contributed by atoms with Crippen molar-refractivity contribution in [2.75, 3.05) is 6.61 Å². The summed E-state index contributed by atoms with van der Waals surface area (Å²) in [6.07, 6.45) is 2.87. The predicted molar refractivity (Wildman–Crippen MR) is 124 cm³/mol. The van der Waals surface area contributed by atoms with Crippen LogP contribution in [0, 0.1) is 18.3 Å². The molecule has 4 rings (SSSR count). The van der Waals surface area contributed by atoms with Crippen molar-refractivity contribution >= 4 is 34.8 Å². The minimum atomic E-state index is -0.200. The molecule has 2 aromatic carbocycles. The van der Waals surface area contributed by atoms with Crippen LogP contribution in [0.25, 0.3) is 22.4 Å². The molecule has 0 spiro atoms. The number of nitriles is 1. The van der Waals surface area contributed by atoms with Crippen molar-refractivity contribution in [1.82, 2.24) is 4.98 Å². The van der Waals surface area contributed by atoms with E-state index in [0.29, 0.717) is 43.1 Å². The molecule has 3 aromatic rings. The number of ether oxygens (including phenoxy) is 2. The molecule has 1 aromatic heterocycles. The molecule has 1 fully saturated rings. The highest BCUT2D eigenvalue weighted by Gasteiger charge is 2.19. The third-order valence-corrected chi connectivity index (χ3v) is 6.30. The number of hydrogen-bond acceptors (Lipinski definition) is 4. The minimum absolute atomic E-state index is 0.200. The van der Waals surface area contributed by atoms with Crippen LogP contribution in [-0.2, 0) is 4.74 Å². The Labute approximate surface area is 196 Å². The molecule has 0 bridgehead atoms. The fraction of sp³-hybridized carbons (Fsp3) is 0.250. The SMILES string of the molecule is Cc1nc(-c2ccc(OC3CCCCO3)cc2)cc(-c2c(Cl)ccc(Cl)c2Cl)c1C#N. The minimum Gasteiger partial charge on any atom is -0.465 e. The molecule has 0 N–H and O–H groups in total. The van der Waals surface area contributed by atoms with Crippen LogP contribution < -0.4 is 4.74 Å². The molecule has 1 unspecified atom stereocenters. The van der Waals surface area contributed by atoms with Crippen LogP contribution in [0.4, 0.5) is 0 Å². The van der Waals surface area contributed by atoms with Crippen LogP contribution >= 0.6 is 34.8 Å². The molecular weight excluding hydrogens is 455 g/mol. The van der Waals surface area contributed by atoms with Gasteiger partial charge >= 0.3 is 0 Å². The van der Waals surface area contributed by atoms with Crippen molar-refractivity contribution in [3.8, 4) is 34.2 Å². The van der Waals surface area contributed by atoms with Gasteiger partial charge in [0.25, 0.3) is 0 Å². The van der Waals surface area contributed by atoms with Gasteiger partial charge < -0.3 is 9.47 Å². The average molecular weight is 474 g/mol. The summed E-state index contributed by atoms with van der Waals surface area (Å²) >= 11 is 19.1. The highest BCUT2D eigenvalue weighted by atomic mass is 35.5.